The summed E-state index contributed by atoms with van der Waals surface area (Å²) in [7, 11) is 0. The lowest BCUT2D eigenvalue weighted by atomic mass is 9.93. The molecule has 36 heavy (non-hydrogen) atoms. The minimum atomic E-state index is 0.0486. The Kier molecular flexibility index (Phi) is 6.30. The molecule has 1 aromatic heterocycles. The highest BCUT2D eigenvalue weighted by atomic mass is 16.2. The van der Waals surface area contributed by atoms with Crippen molar-refractivity contribution < 1.29 is 9.59 Å². The highest BCUT2D eigenvalue weighted by Crippen LogP contribution is 2.38. The van der Waals surface area contributed by atoms with E-state index in [4.69, 9.17) is 4.98 Å². The molecule has 0 saturated carbocycles. The third-order valence-electron chi connectivity index (χ3n) is 8.10. The number of nitrogens with zero attached hydrogens (tertiary/aromatic N) is 3. The summed E-state index contributed by atoms with van der Waals surface area (Å²) in [5.41, 5.74) is 6.08. The molecule has 5 nitrogen and oxygen atoms in total. The number of amides is 2. The van der Waals surface area contributed by atoms with Crippen LogP contribution in [0.4, 0.5) is 0 Å². The average molecular weight is 480 g/mol. The van der Waals surface area contributed by atoms with E-state index < -0.39 is 0 Å². The molecule has 6 rings (SSSR count). The first kappa shape index (κ1) is 23.0. The zero-order valence-corrected chi connectivity index (χ0v) is 20.8. The predicted molar refractivity (Wildman–Crippen MR) is 143 cm³/mol. The minimum absolute atomic E-state index is 0.0486. The predicted octanol–water partition coefficient (Wildman–Crippen LogP) is 5.59. The molecule has 0 unspecified atom stereocenters. The van der Waals surface area contributed by atoms with Crippen LogP contribution in [0.3, 0.4) is 0 Å². The van der Waals surface area contributed by atoms with Gasteiger partial charge in [-0.25, -0.2) is 4.98 Å². The van der Waals surface area contributed by atoms with Crippen molar-refractivity contribution in [1.29, 1.82) is 0 Å². The molecule has 184 valence electrons. The molecule has 2 aliphatic heterocycles. The molecular formula is C31H33N3O2. The fourth-order valence-electron chi connectivity index (χ4n) is 6.13. The summed E-state index contributed by atoms with van der Waals surface area (Å²) in [5, 5.41) is 0.939. The van der Waals surface area contributed by atoms with Crippen LogP contribution in [0.2, 0.25) is 0 Å². The first-order valence-corrected chi connectivity index (χ1v) is 13.4. The van der Waals surface area contributed by atoms with Crippen LogP contribution in [0.5, 0.6) is 0 Å². The molecule has 1 aliphatic carbocycles. The SMILES string of the molecule is O=C(c1c2c(nc3ccccc13)/C(=C/c1ccccc1)CC2)N1CCC(C(=O)N2CCCCC2)CC1. The van der Waals surface area contributed by atoms with Gasteiger partial charge in [-0.3, -0.25) is 9.59 Å². The van der Waals surface area contributed by atoms with Gasteiger partial charge in [-0.1, -0.05) is 48.5 Å². The maximum atomic E-state index is 14.0. The number of aromatic nitrogens is 1. The van der Waals surface area contributed by atoms with Crippen molar-refractivity contribution in [3.8, 4) is 0 Å². The van der Waals surface area contributed by atoms with Gasteiger partial charge in [-0.2, -0.15) is 0 Å². The second kappa shape index (κ2) is 9.88. The number of hydrogen-bond donors (Lipinski definition) is 0. The number of carbonyl (C=O) groups is 2. The largest absolute Gasteiger partial charge is 0.342 e. The molecule has 0 bridgehead atoms. The van der Waals surface area contributed by atoms with Crippen LogP contribution in [-0.2, 0) is 11.2 Å². The number of para-hydroxylation sites is 1. The number of fused-ring (bicyclic) bond motifs is 2. The molecule has 2 fully saturated rings. The van der Waals surface area contributed by atoms with E-state index in [1.54, 1.807) is 0 Å². The van der Waals surface area contributed by atoms with Crippen LogP contribution in [0.1, 0.15) is 65.7 Å². The third-order valence-corrected chi connectivity index (χ3v) is 8.10. The van der Waals surface area contributed by atoms with E-state index in [9.17, 15) is 9.59 Å². The van der Waals surface area contributed by atoms with Crippen LogP contribution in [0, 0.1) is 5.92 Å². The van der Waals surface area contributed by atoms with E-state index in [2.05, 4.69) is 23.1 Å². The number of pyridine rings is 1. The summed E-state index contributed by atoms with van der Waals surface area (Å²) in [6.45, 7) is 3.07. The number of piperidine rings is 2. The lowest BCUT2D eigenvalue weighted by molar-refractivity contribution is -0.137. The standard InChI is InChI=1S/C31H33N3O2/c35-30(33-17-7-2-8-18-33)23-15-19-34(20-16-23)31(36)28-25-11-5-6-12-27(25)32-29-24(13-14-26(28)29)21-22-9-3-1-4-10-22/h1,3-6,9-12,21,23H,2,7-8,13-20H2/b24-21+. The van der Waals surface area contributed by atoms with Crippen LogP contribution < -0.4 is 0 Å². The highest BCUT2D eigenvalue weighted by molar-refractivity contribution is 6.09. The zero-order chi connectivity index (χ0) is 24.5. The average Bonchev–Trinajstić information content (AvgIpc) is 3.34. The van der Waals surface area contributed by atoms with Crippen LogP contribution >= 0.6 is 0 Å². The number of allylic oxidation sites excluding steroid dienone is 1. The van der Waals surface area contributed by atoms with Gasteiger partial charge in [0, 0.05) is 37.5 Å². The highest BCUT2D eigenvalue weighted by Gasteiger charge is 2.34. The van der Waals surface area contributed by atoms with E-state index in [-0.39, 0.29) is 11.8 Å². The van der Waals surface area contributed by atoms with Crippen LogP contribution in [-0.4, -0.2) is 52.8 Å². The van der Waals surface area contributed by atoms with Gasteiger partial charge >= 0.3 is 0 Å². The number of benzene rings is 2. The van der Waals surface area contributed by atoms with E-state index in [1.165, 1.54) is 12.0 Å². The Morgan fingerprint density at radius 3 is 2.31 bits per heavy atom. The van der Waals surface area contributed by atoms with Gasteiger partial charge in [-0.05, 0) is 73.8 Å². The molecule has 3 heterocycles. The van der Waals surface area contributed by atoms with Gasteiger partial charge in [0.25, 0.3) is 5.91 Å². The summed E-state index contributed by atoms with van der Waals surface area (Å²) in [6.07, 6.45) is 8.89. The Hall–Kier alpha value is -3.47. The summed E-state index contributed by atoms with van der Waals surface area (Å²) in [4.78, 5) is 36.1. The Balaban J connectivity index is 1.28. The summed E-state index contributed by atoms with van der Waals surface area (Å²) in [5.74, 6) is 0.440. The van der Waals surface area contributed by atoms with E-state index in [0.29, 0.717) is 19.0 Å². The second-order valence-electron chi connectivity index (χ2n) is 10.4. The van der Waals surface area contributed by atoms with E-state index >= 15 is 0 Å². The Labute approximate surface area is 212 Å². The topological polar surface area (TPSA) is 53.5 Å². The molecule has 5 heteroatoms. The Morgan fingerprint density at radius 2 is 1.53 bits per heavy atom. The van der Waals surface area contributed by atoms with Crippen molar-refractivity contribution in [2.45, 2.75) is 44.9 Å². The molecule has 0 atom stereocenters. The molecule has 2 amide bonds. The molecule has 3 aliphatic rings. The third kappa shape index (κ3) is 4.32. The second-order valence-corrected chi connectivity index (χ2v) is 10.4. The zero-order valence-electron chi connectivity index (χ0n) is 20.8. The smallest absolute Gasteiger partial charge is 0.254 e. The molecular weight excluding hydrogens is 446 g/mol. The molecule has 3 aromatic rings. The fourth-order valence-corrected chi connectivity index (χ4v) is 6.13. The number of carbonyl (C=O) groups excluding carboxylic acids is 2. The maximum absolute atomic E-state index is 14.0. The first-order valence-electron chi connectivity index (χ1n) is 13.4. The van der Waals surface area contributed by atoms with Gasteiger partial charge in [-0.15, -0.1) is 0 Å². The number of likely N-dealkylation sites (tertiary alicyclic amines) is 2. The normalized spacial score (nSPS) is 19.6. The van der Waals surface area contributed by atoms with E-state index in [0.717, 1.165) is 84.9 Å². The number of hydrogen-bond acceptors (Lipinski definition) is 3. The first-order chi connectivity index (χ1) is 17.7. The van der Waals surface area contributed by atoms with Crippen molar-refractivity contribution in [1.82, 2.24) is 14.8 Å². The lowest BCUT2D eigenvalue weighted by Crippen LogP contribution is -2.45. The van der Waals surface area contributed by atoms with Crippen molar-refractivity contribution in [2.24, 2.45) is 5.92 Å². The summed E-state index contributed by atoms with van der Waals surface area (Å²) >= 11 is 0. The Morgan fingerprint density at radius 1 is 0.806 bits per heavy atom. The molecule has 2 saturated heterocycles. The quantitative estimate of drug-likeness (QED) is 0.492. The van der Waals surface area contributed by atoms with Crippen LogP contribution in [0.15, 0.2) is 54.6 Å². The van der Waals surface area contributed by atoms with Crippen molar-refractivity contribution in [2.75, 3.05) is 26.2 Å². The van der Waals surface area contributed by atoms with Gasteiger partial charge in [0.05, 0.1) is 16.8 Å². The maximum Gasteiger partial charge on any atom is 0.254 e. The lowest BCUT2D eigenvalue weighted by Gasteiger charge is -2.36. The van der Waals surface area contributed by atoms with Crippen molar-refractivity contribution >= 4 is 34.4 Å². The van der Waals surface area contributed by atoms with Gasteiger partial charge in [0.1, 0.15) is 0 Å². The summed E-state index contributed by atoms with van der Waals surface area (Å²) < 4.78 is 0. The summed E-state index contributed by atoms with van der Waals surface area (Å²) in [6, 6.07) is 18.3. The van der Waals surface area contributed by atoms with Crippen molar-refractivity contribution in [3.63, 3.8) is 0 Å². The van der Waals surface area contributed by atoms with Crippen LogP contribution in [0.25, 0.3) is 22.6 Å². The molecule has 0 N–H and O–H groups in total. The van der Waals surface area contributed by atoms with Gasteiger partial charge < -0.3 is 9.80 Å². The van der Waals surface area contributed by atoms with Gasteiger partial charge in [0.15, 0.2) is 0 Å². The molecule has 0 radical (unpaired) electrons. The monoisotopic (exact) mass is 479 g/mol. The molecule has 0 spiro atoms. The minimum Gasteiger partial charge on any atom is -0.342 e. The van der Waals surface area contributed by atoms with E-state index in [1.807, 2.05) is 47.4 Å². The Bertz CT molecular complexity index is 1320. The van der Waals surface area contributed by atoms with Crippen molar-refractivity contribution in [3.05, 3.63) is 77.0 Å². The fraction of sp³-hybridized carbons (Fsp3) is 0.387. The van der Waals surface area contributed by atoms with Gasteiger partial charge in [0.2, 0.25) is 5.91 Å². The molecule has 2 aromatic carbocycles. The number of rotatable bonds is 3.